The van der Waals surface area contributed by atoms with Gasteiger partial charge in [-0.05, 0) is 61.7 Å². The molecule has 1 aliphatic carbocycles. The van der Waals surface area contributed by atoms with Gasteiger partial charge in [0.25, 0.3) is 0 Å². The van der Waals surface area contributed by atoms with Crippen molar-refractivity contribution in [2.75, 3.05) is 0 Å². The molecule has 0 amide bonds. The lowest BCUT2D eigenvalue weighted by Gasteiger charge is -2.59. The van der Waals surface area contributed by atoms with Crippen molar-refractivity contribution in [2.45, 2.75) is 82.2 Å². The van der Waals surface area contributed by atoms with E-state index in [2.05, 4.69) is 48.6 Å². The smallest absolute Gasteiger partial charge is 0.412 e. The van der Waals surface area contributed by atoms with Gasteiger partial charge < -0.3 is 14.3 Å². The Balaban J connectivity index is 1.93. The predicted octanol–water partition coefficient (Wildman–Crippen LogP) is 5.92. The van der Waals surface area contributed by atoms with E-state index in [9.17, 15) is 18.3 Å². The van der Waals surface area contributed by atoms with Crippen molar-refractivity contribution in [2.24, 2.45) is 0 Å². The lowest BCUT2D eigenvalue weighted by molar-refractivity contribution is -0.274. The Hall–Kier alpha value is -1.97. The van der Waals surface area contributed by atoms with Crippen LogP contribution in [0.4, 0.5) is 13.2 Å². The van der Waals surface area contributed by atoms with Crippen LogP contribution in [-0.2, 0) is 9.84 Å². The van der Waals surface area contributed by atoms with E-state index in [0.29, 0.717) is 18.4 Å². The van der Waals surface area contributed by atoms with Gasteiger partial charge in [-0.3, -0.25) is 0 Å². The summed E-state index contributed by atoms with van der Waals surface area (Å²) in [5, 5.41) is 11.3. The summed E-state index contributed by atoms with van der Waals surface area (Å²) in [4.78, 5) is 8.43. The molecule has 1 aliphatic rings. The fourth-order valence-electron chi connectivity index (χ4n) is 4.37. The molecule has 1 aromatic carbocycles. The van der Waals surface area contributed by atoms with Crippen LogP contribution in [0.1, 0.15) is 58.0 Å². The van der Waals surface area contributed by atoms with E-state index in [-0.39, 0.29) is 16.6 Å². The lowest BCUT2D eigenvalue weighted by atomic mass is 9.54. The summed E-state index contributed by atoms with van der Waals surface area (Å²) in [6, 6.07) is 7.34. The third kappa shape index (κ3) is 4.99. The van der Waals surface area contributed by atoms with Gasteiger partial charge in [-0.1, -0.05) is 32.9 Å². The Bertz CT molecular complexity index is 922. The molecule has 1 N–H and O–H groups in total. The molecule has 9 heteroatoms. The number of aliphatic hydroxyl groups excluding tert-OH is 1. The maximum absolute atomic E-state index is 12.6. The van der Waals surface area contributed by atoms with Gasteiger partial charge in [0.05, 0.1) is 5.60 Å². The topological polar surface area (TPSA) is 64.5 Å². The van der Waals surface area contributed by atoms with E-state index in [1.54, 1.807) is 30.6 Å². The summed E-state index contributed by atoms with van der Waals surface area (Å²) in [6.07, 6.45) is -1.69. The highest BCUT2D eigenvalue weighted by molar-refractivity contribution is 6.74. The van der Waals surface area contributed by atoms with Crippen molar-refractivity contribution < 1.29 is 27.4 Å². The standard InChI is InChI=1S/C23H31F3N2O3Si/c1-20(2,3)32(5,6)31-21(4)14-22(15-21,18(29)19-27-12-7-13-28-19)16-8-10-17(11-9-16)30-23(24,25)26/h7-13,18,29H,14-15H2,1-6H3/t18-,21?,22?/m1/s1. The van der Waals surface area contributed by atoms with Crippen LogP contribution >= 0.6 is 0 Å². The minimum absolute atomic E-state index is 0.0198. The predicted molar refractivity (Wildman–Crippen MR) is 118 cm³/mol. The minimum Gasteiger partial charge on any atom is -0.412 e. The van der Waals surface area contributed by atoms with Crippen LogP contribution in [0.25, 0.3) is 0 Å². The summed E-state index contributed by atoms with van der Waals surface area (Å²) in [6.45, 7) is 12.9. The first-order chi connectivity index (χ1) is 14.6. The fraction of sp³-hybridized carbons (Fsp3) is 0.565. The summed E-state index contributed by atoms with van der Waals surface area (Å²) in [7, 11) is -2.08. The van der Waals surface area contributed by atoms with Gasteiger partial charge in [0.1, 0.15) is 11.9 Å². The number of nitrogens with zero attached hydrogens (tertiary/aromatic N) is 2. The van der Waals surface area contributed by atoms with E-state index in [4.69, 9.17) is 4.43 Å². The molecule has 1 atom stereocenters. The Morgan fingerprint density at radius 2 is 1.56 bits per heavy atom. The number of hydrogen-bond donors (Lipinski definition) is 1. The quantitative estimate of drug-likeness (QED) is 0.533. The zero-order valence-electron chi connectivity index (χ0n) is 19.3. The highest BCUT2D eigenvalue weighted by Crippen LogP contribution is 2.59. The molecular weight excluding hydrogens is 437 g/mol. The molecule has 0 radical (unpaired) electrons. The van der Waals surface area contributed by atoms with Crippen LogP contribution < -0.4 is 4.74 Å². The van der Waals surface area contributed by atoms with E-state index >= 15 is 0 Å². The fourth-order valence-corrected chi connectivity index (χ4v) is 6.05. The monoisotopic (exact) mass is 468 g/mol. The Kier molecular flexibility index (Phi) is 6.25. The van der Waals surface area contributed by atoms with E-state index in [1.165, 1.54) is 12.1 Å². The average molecular weight is 469 g/mol. The molecule has 1 fully saturated rings. The zero-order chi connectivity index (χ0) is 24.0. The maximum atomic E-state index is 12.6. The lowest BCUT2D eigenvalue weighted by Crippen LogP contribution is -2.61. The summed E-state index contributed by atoms with van der Waals surface area (Å²) in [5.74, 6) is -0.0287. The van der Waals surface area contributed by atoms with Crippen LogP contribution in [0.3, 0.4) is 0 Å². The van der Waals surface area contributed by atoms with Gasteiger partial charge in [-0.25, -0.2) is 9.97 Å². The Morgan fingerprint density at radius 1 is 1.03 bits per heavy atom. The minimum atomic E-state index is -4.76. The van der Waals surface area contributed by atoms with Gasteiger partial charge in [0.2, 0.25) is 0 Å². The zero-order valence-corrected chi connectivity index (χ0v) is 20.3. The number of hydrogen-bond acceptors (Lipinski definition) is 5. The van der Waals surface area contributed by atoms with Crippen molar-refractivity contribution in [3.8, 4) is 5.75 Å². The number of halogens is 3. The third-order valence-electron chi connectivity index (χ3n) is 6.70. The molecule has 3 rings (SSSR count). The third-order valence-corrected chi connectivity index (χ3v) is 11.3. The number of rotatable bonds is 6. The van der Waals surface area contributed by atoms with E-state index in [0.717, 1.165) is 0 Å². The first-order valence-electron chi connectivity index (χ1n) is 10.6. The first-order valence-corrected chi connectivity index (χ1v) is 13.5. The average Bonchev–Trinajstić information content (AvgIpc) is 2.64. The van der Waals surface area contributed by atoms with Crippen LogP contribution in [0, 0.1) is 0 Å². The van der Waals surface area contributed by atoms with Crippen molar-refractivity contribution in [1.29, 1.82) is 0 Å². The van der Waals surface area contributed by atoms with Gasteiger partial charge in [0.15, 0.2) is 14.1 Å². The Labute approximate surface area is 188 Å². The number of ether oxygens (including phenoxy) is 1. The molecule has 2 aromatic rings. The second-order valence-corrected chi connectivity index (χ2v) is 15.1. The molecule has 1 saturated carbocycles. The second kappa shape index (κ2) is 8.11. The van der Waals surface area contributed by atoms with Crippen LogP contribution in [0.5, 0.6) is 5.75 Å². The molecule has 0 bridgehead atoms. The second-order valence-electron chi connectivity index (χ2n) is 10.4. The summed E-state index contributed by atoms with van der Waals surface area (Å²) >= 11 is 0. The number of aromatic nitrogens is 2. The SMILES string of the molecule is CC1(O[Si](C)(C)C(C)(C)C)CC(c2ccc(OC(F)(F)F)cc2)([C@H](O)c2ncccn2)C1. The van der Waals surface area contributed by atoms with Crippen molar-refractivity contribution in [3.63, 3.8) is 0 Å². The molecule has 0 aliphatic heterocycles. The van der Waals surface area contributed by atoms with Gasteiger partial charge in [0, 0.05) is 17.8 Å². The number of alkyl halides is 3. The molecule has 1 heterocycles. The summed E-state index contributed by atoms with van der Waals surface area (Å²) < 4.78 is 48.4. The normalized spacial score (nSPS) is 25.2. The van der Waals surface area contributed by atoms with Crippen LogP contribution in [-0.4, -0.2) is 35.4 Å². The molecule has 176 valence electrons. The van der Waals surface area contributed by atoms with Crippen molar-refractivity contribution in [3.05, 3.63) is 54.1 Å². The first kappa shape index (κ1) is 24.7. The van der Waals surface area contributed by atoms with Crippen molar-refractivity contribution >= 4 is 8.32 Å². The maximum Gasteiger partial charge on any atom is 0.573 e. The molecule has 0 unspecified atom stereocenters. The molecule has 1 aromatic heterocycles. The number of aliphatic hydroxyl groups is 1. The van der Waals surface area contributed by atoms with E-state index in [1.807, 2.05) is 6.92 Å². The van der Waals surface area contributed by atoms with Crippen LogP contribution in [0.2, 0.25) is 18.1 Å². The highest BCUT2D eigenvalue weighted by Gasteiger charge is 2.60. The molecule has 5 nitrogen and oxygen atoms in total. The van der Waals surface area contributed by atoms with Gasteiger partial charge in [-0.2, -0.15) is 0 Å². The summed E-state index contributed by atoms with van der Waals surface area (Å²) in [5.41, 5.74) is -0.557. The molecular formula is C23H31F3N2O3Si. The largest absolute Gasteiger partial charge is 0.573 e. The molecule has 0 saturated heterocycles. The van der Waals surface area contributed by atoms with Gasteiger partial charge in [-0.15, -0.1) is 13.2 Å². The van der Waals surface area contributed by atoms with Gasteiger partial charge >= 0.3 is 6.36 Å². The molecule has 0 spiro atoms. The van der Waals surface area contributed by atoms with Crippen molar-refractivity contribution in [1.82, 2.24) is 9.97 Å². The Morgan fingerprint density at radius 3 is 2.03 bits per heavy atom. The number of benzene rings is 1. The van der Waals surface area contributed by atoms with E-state index < -0.39 is 31.8 Å². The highest BCUT2D eigenvalue weighted by atomic mass is 28.4. The van der Waals surface area contributed by atoms with Crippen LogP contribution in [0.15, 0.2) is 42.7 Å². The molecule has 32 heavy (non-hydrogen) atoms.